The van der Waals surface area contributed by atoms with Crippen LogP contribution in [0.1, 0.15) is 52.7 Å². The number of hydrogen-bond acceptors (Lipinski definition) is 3. The third-order valence-electron chi connectivity index (χ3n) is 4.31. The molecule has 1 aromatic rings. The molecule has 2 N–H and O–H groups in total. The monoisotopic (exact) mass is 322 g/mol. The van der Waals surface area contributed by atoms with Crippen LogP contribution in [0.5, 0.6) is 0 Å². The molecular formula is C17H30N4O2. The maximum absolute atomic E-state index is 12.6. The second kappa shape index (κ2) is 7.81. The lowest BCUT2D eigenvalue weighted by Gasteiger charge is -2.26. The maximum atomic E-state index is 12.6. The van der Waals surface area contributed by atoms with Gasteiger partial charge in [0.15, 0.2) is 0 Å². The summed E-state index contributed by atoms with van der Waals surface area (Å²) in [7, 11) is 0. The summed E-state index contributed by atoms with van der Waals surface area (Å²) in [4.78, 5) is 14.5. The Morgan fingerprint density at radius 1 is 1.48 bits per heavy atom. The molecule has 0 bridgehead atoms. The normalized spacial score (nSPS) is 19.4. The molecule has 6 nitrogen and oxygen atoms in total. The zero-order valence-corrected chi connectivity index (χ0v) is 14.7. The number of aliphatic hydroxyl groups is 1. The largest absolute Gasteiger partial charge is 0.393 e. The van der Waals surface area contributed by atoms with Crippen molar-refractivity contribution in [2.45, 2.75) is 72.1 Å². The first-order valence-corrected chi connectivity index (χ1v) is 8.72. The number of nitrogens with one attached hydrogen (secondary N) is 1. The number of rotatable bonds is 6. The molecule has 0 aliphatic carbocycles. The van der Waals surface area contributed by atoms with Crippen LogP contribution in [0.3, 0.4) is 0 Å². The van der Waals surface area contributed by atoms with Gasteiger partial charge in [-0.15, -0.1) is 0 Å². The molecule has 6 heteroatoms. The number of likely N-dealkylation sites (tertiary alicyclic amines) is 1. The lowest BCUT2D eigenvalue weighted by molar-refractivity contribution is 0.142. The topological polar surface area (TPSA) is 70.4 Å². The number of amides is 2. The number of urea groups is 1. The first-order chi connectivity index (χ1) is 10.9. The van der Waals surface area contributed by atoms with E-state index in [9.17, 15) is 9.90 Å². The summed E-state index contributed by atoms with van der Waals surface area (Å²) in [5, 5.41) is 17.0. The minimum atomic E-state index is -0.381. The van der Waals surface area contributed by atoms with Crippen LogP contribution >= 0.6 is 0 Å². The van der Waals surface area contributed by atoms with Crippen molar-refractivity contribution in [3.8, 4) is 0 Å². The minimum Gasteiger partial charge on any atom is -0.393 e. The van der Waals surface area contributed by atoms with Crippen LogP contribution in [-0.4, -0.2) is 44.5 Å². The molecule has 0 spiro atoms. The molecule has 1 aromatic heterocycles. The van der Waals surface area contributed by atoms with Crippen molar-refractivity contribution in [3.05, 3.63) is 11.9 Å². The number of carbonyl (C=O) groups excluding carboxylic acids is 1. The molecule has 1 aliphatic rings. The number of hydrogen-bond donors (Lipinski definition) is 2. The lowest BCUT2D eigenvalue weighted by atomic mass is 10.1. The van der Waals surface area contributed by atoms with E-state index in [1.54, 1.807) is 13.1 Å². The molecule has 2 heterocycles. The van der Waals surface area contributed by atoms with Gasteiger partial charge in [0.05, 0.1) is 23.7 Å². The van der Waals surface area contributed by atoms with Crippen LogP contribution < -0.4 is 5.32 Å². The van der Waals surface area contributed by atoms with Crippen molar-refractivity contribution in [1.29, 1.82) is 0 Å². The van der Waals surface area contributed by atoms with Gasteiger partial charge in [0.1, 0.15) is 0 Å². The van der Waals surface area contributed by atoms with Gasteiger partial charge in [-0.2, -0.15) is 5.10 Å². The number of nitrogens with zero attached hydrogens (tertiary/aromatic N) is 3. The summed E-state index contributed by atoms with van der Waals surface area (Å²) in [6, 6.07) is 0.0535. The Kier molecular flexibility index (Phi) is 6.04. The molecular weight excluding hydrogens is 292 g/mol. The van der Waals surface area contributed by atoms with Gasteiger partial charge in [-0.3, -0.25) is 4.68 Å². The van der Waals surface area contributed by atoms with E-state index in [0.717, 1.165) is 43.7 Å². The predicted molar refractivity (Wildman–Crippen MR) is 91.5 cm³/mol. The van der Waals surface area contributed by atoms with Gasteiger partial charge in [0.25, 0.3) is 0 Å². The Labute approximate surface area is 138 Å². The maximum Gasteiger partial charge on any atom is 0.322 e. The summed E-state index contributed by atoms with van der Waals surface area (Å²) in [5.41, 5.74) is 1.87. The van der Waals surface area contributed by atoms with Crippen LogP contribution in [0.15, 0.2) is 6.20 Å². The van der Waals surface area contributed by atoms with Crippen molar-refractivity contribution in [1.82, 2.24) is 14.7 Å². The van der Waals surface area contributed by atoms with E-state index in [4.69, 9.17) is 0 Å². The zero-order valence-electron chi connectivity index (χ0n) is 14.7. The number of anilines is 1. The molecule has 2 rings (SSSR count). The molecule has 130 valence electrons. The lowest BCUT2D eigenvalue weighted by Crippen LogP contribution is -2.40. The van der Waals surface area contributed by atoms with Crippen molar-refractivity contribution < 1.29 is 9.90 Å². The van der Waals surface area contributed by atoms with Crippen molar-refractivity contribution in [2.24, 2.45) is 5.92 Å². The molecule has 2 unspecified atom stereocenters. The molecule has 1 fully saturated rings. The van der Waals surface area contributed by atoms with E-state index >= 15 is 0 Å². The van der Waals surface area contributed by atoms with Gasteiger partial charge in [0.2, 0.25) is 0 Å². The molecule has 1 aliphatic heterocycles. The van der Waals surface area contributed by atoms with E-state index in [1.165, 1.54) is 0 Å². The summed E-state index contributed by atoms with van der Waals surface area (Å²) >= 11 is 0. The first-order valence-electron chi connectivity index (χ1n) is 8.72. The molecule has 0 aromatic carbocycles. The van der Waals surface area contributed by atoms with Crippen LogP contribution in [0, 0.1) is 5.92 Å². The summed E-state index contributed by atoms with van der Waals surface area (Å²) in [6.07, 6.45) is 4.80. The highest BCUT2D eigenvalue weighted by Crippen LogP contribution is 2.24. The van der Waals surface area contributed by atoms with Gasteiger partial charge in [-0.25, -0.2) is 4.79 Å². The quantitative estimate of drug-likeness (QED) is 0.846. The fraction of sp³-hybridized carbons (Fsp3) is 0.765. The van der Waals surface area contributed by atoms with Gasteiger partial charge in [0, 0.05) is 19.1 Å². The Morgan fingerprint density at radius 3 is 2.83 bits per heavy atom. The molecule has 0 saturated carbocycles. The Bertz CT molecular complexity index is 525. The Hall–Kier alpha value is -1.56. The molecule has 2 amide bonds. The van der Waals surface area contributed by atoms with E-state index in [1.807, 2.05) is 9.58 Å². The SMILES string of the molecule is CCc1c(NC(=O)N2CCCC2CC(C)O)cnn1CC(C)C. The molecule has 23 heavy (non-hydrogen) atoms. The highest BCUT2D eigenvalue weighted by molar-refractivity contribution is 5.90. The average Bonchev–Trinajstić information content (AvgIpc) is 3.04. The molecule has 0 radical (unpaired) electrons. The zero-order chi connectivity index (χ0) is 17.0. The Morgan fingerprint density at radius 2 is 2.22 bits per heavy atom. The number of aromatic nitrogens is 2. The highest BCUT2D eigenvalue weighted by atomic mass is 16.3. The van der Waals surface area contributed by atoms with Crippen LogP contribution in [-0.2, 0) is 13.0 Å². The van der Waals surface area contributed by atoms with Crippen molar-refractivity contribution in [3.63, 3.8) is 0 Å². The van der Waals surface area contributed by atoms with Gasteiger partial charge in [-0.05, 0) is 38.5 Å². The molecule has 2 atom stereocenters. The third-order valence-corrected chi connectivity index (χ3v) is 4.31. The predicted octanol–water partition coefficient (Wildman–Crippen LogP) is 2.87. The fourth-order valence-corrected chi connectivity index (χ4v) is 3.32. The van der Waals surface area contributed by atoms with Crippen molar-refractivity contribution >= 4 is 11.7 Å². The first kappa shape index (κ1) is 17.8. The highest BCUT2D eigenvalue weighted by Gasteiger charge is 2.30. The fourth-order valence-electron chi connectivity index (χ4n) is 3.32. The third kappa shape index (κ3) is 4.47. The second-order valence-corrected chi connectivity index (χ2v) is 6.94. The number of aliphatic hydroxyl groups excluding tert-OH is 1. The summed E-state index contributed by atoms with van der Waals surface area (Å²) in [6.45, 7) is 9.78. The Balaban J connectivity index is 2.06. The van der Waals surface area contributed by atoms with E-state index < -0.39 is 0 Å². The minimum absolute atomic E-state index is 0.0769. The van der Waals surface area contributed by atoms with E-state index in [-0.39, 0.29) is 18.2 Å². The standard InChI is InChI=1S/C17H30N4O2/c1-5-16-15(10-18-21(16)11-12(2)3)19-17(23)20-8-6-7-14(20)9-13(4)22/h10,12-14,22H,5-9,11H2,1-4H3,(H,19,23). The van der Waals surface area contributed by atoms with Gasteiger partial charge in [-0.1, -0.05) is 20.8 Å². The van der Waals surface area contributed by atoms with Crippen molar-refractivity contribution in [2.75, 3.05) is 11.9 Å². The van der Waals surface area contributed by atoms with E-state index in [0.29, 0.717) is 12.3 Å². The average molecular weight is 322 g/mol. The summed E-state index contributed by atoms with van der Waals surface area (Å²) in [5.74, 6) is 0.512. The van der Waals surface area contributed by atoms with E-state index in [2.05, 4.69) is 31.2 Å². The second-order valence-electron chi connectivity index (χ2n) is 6.94. The molecule has 1 saturated heterocycles. The smallest absolute Gasteiger partial charge is 0.322 e. The van der Waals surface area contributed by atoms with Gasteiger partial charge < -0.3 is 15.3 Å². The van der Waals surface area contributed by atoms with Crippen LogP contribution in [0.4, 0.5) is 10.5 Å². The van der Waals surface area contributed by atoms with Crippen LogP contribution in [0.25, 0.3) is 0 Å². The van der Waals surface area contributed by atoms with Crippen LogP contribution in [0.2, 0.25) is 0 Å². The number of carbonyl (C=O) groups is 1. The summed E-state index contributed by atoms with van der Waals surface area (Å²) < 4.78 is 1.98. The van der Waals surface area contributed by atoms with Gasteiger partial charge >= 0.3 is 6.03 Å².